The van der Waals surface area contributed by atoms with Crippen molar-refractivity contribution in [2.75, 3.05) is 53.5 Å². The van der Waals surface area contributed by atoms with Gasteiger partial charge >= 0.3 is 0 Å². The molecule has 0 aliphatic carbocycles. The van der Waals surface area contributed by atoms with E-state index in [2.05, 4.69) is 36.5 Å². The summed E-state index contributed by atoms with van der Waals surface area (Å²) < 4.78 is 10.6. The average Bonchev–Trinajstić information content (AvgIpc) is 2.75. The molecule has 6 nitrogen and oxygen atoms in total. The highest BCUT2D eigenvalue weighted by molar-refractivity contribution is 5.76. The number of quaternary nitrogens is 2. The molecule has 1 aliphatic rings. The van der Waals surface area contributed by atoms with E-state index in [4.69, 9.17) is 9.47 Å². The highest BCUT2D eigenvalue weighted by Crippen LogP contribution is 2.27. The molecule has 3 N–H and O–H groups in total. The van der Waals surface area contributed by atoms with Gasteiger partial charge in [0.1, 0.15) is 32.7 Å². The second-order valence-electron chi connectivity index (χ2n) is 8.13. The normalized spacial score (nSPS) is 18.6. The molecule has 0 aromatic heterocycles. The number of amides is 1. The van der Waals surface area contributed by atoms with Gasteiger partial charge in [-0.1, -0.05) is 35.9 Å². The van der Waals surface area contributed by atoms with Crippen LogP contribution in [-0.2, 0) is 17.8 Å². The van der Waals surface area contributed by atoms with Crippen molar-refractivity contribution in [3.8, 4) is 11.5 Å². The number of hydrogen-bond donors (Lipinski definition) is 3. The summed E-state index contributed by atoms with van der Waals surface area (Å²) >= 11 is 0. The number of nitrogens with one attached hydrogen (secondary N) is 3. The molecule has 162 valence electrons. The lowest BCUT2D eigenvalue weighted by molar-refractivity contribution is -1.02. The molecule has 0 radical (unpaired) electrons. The fraction of sp³-hybridized carbons (Fsp3) is 0.458. The van der Waals surface area contributed by atoms with Crippen LogP contribution < -0.4 is 24.6 Å². The zero-order chi connectivity index (χ0) is 21.3. The summed E-state index contributed by atoms with van der Waals surface area (Å²) in [6, 6.07) is 14.6. The van der Waals surface area contributed by atoms with Crippen molar-refractivity contribution in [3.63, 3.8) is 0 Å². The van der Waals surface area contributed by atoms with Gasteiger partial charge in [0.25, 0.3) is 5.91 Å². The van der Waals surface area contributed by atoms with Crippen LogP contribution in [0.2, 0.25) is 0 Å². The molecule has 3 rings (SSSR count). The van der Waals surface area contributed by atoms with Gasteiger partial charge in [-0.05, 0) is 31.0 Å². The fourth-order valence-electron chi connectivity index (χ4n) is 4.09. The van der Waals surface area contributed by atoms with E-state index in [0.717, 1.165) is 56.2 Å². The summed E-state index contributed by atoms with van der Waals surface area (Å²) in [6.45, 7) is 8.73. The van der Waals surface area contributed by atoms with Crippen molar-refractivity contribution in [1.82, 2.24) is 5.32 Å². The first-order valence-electron chi connectivity index (χ1n) is 10.8. The number of hydrogen-bond acceptors (Lipinski definition) is 3. The highest BCUT2D eigenvalue weighted by Gasteiger charge is 2.24. The van der Waals surface area contributed by atoms with Crippen LogP contribution in [0.25, 0.3) is 0 Å². The first-order chi connectivity index (χ1) is 14.6. The van der Waals surface area contributed by atoms with Gasteiger partial charge in [-0.15, -0.1) is 0 Å². The fourth-order valence-corrected chi connectivity index (χ4v) is 4.09. The lowest BCUT2D eigenvalue weighted by Crippen LogP contribution is -3.28. The van der Waals surface area contributed by atoms with Crippen LogP contribution in [0.1, 0.15) is 16.7 Å². The van der Waals surface area contributed by atoms with Crippen molar-refractivity contribution in [2.45, 2.75) is 19.9 Å². The minimum Gasteiger partial charge on any atom is -0.493 e. The molecule has 0 spiro atoms. The van der Waals surface area contributed by atoms with E-state index in [1.807, 2.05) is 18.2 Å². The topological polar surface area (TPSA) is 56.4 Å². The van der Waals surface area contributed by atoms with Crippen molar-refractivity contribution < 1.29 is 24.1 Å². The predicted molar refractivity (Wildman–Crippen MR) is 117 cm³/mol. The molecule has 1 fully saturated rings. The quantitative estimate of drug-likeness (QED) is 0.527. The number of piperazine rings is 1. The number of methoxy groups -OCH3 is 2. The monoisotopic (exact) mass is 413 g/mol. The lowest BCUT2D eigenvalue weighted by atomic mass is 10.1. The Bertz CT molecular complexity index is 832. The molecule has 0 atom stereocenters. The first kappa shape index (κ1) is 22.1. The number of ether oxygens (including phenoxy) is 2. The molecule has 1 aliphatic heterocycles. The van der Waals surface area contributed by atoms with Gasteiger partial charge in [0, 0.05) is 12.1 Å². The molecule has 1 heterocycles. The smallest absolute Gasteiger partial charge is 0.275 e. The van der Waals surface area contributed by atoms with Gasteiger partial charge in [0.2, 0.25) is 0 Å². The first-order valence-corrected chi connectivity index (χ1v) is 10.8. The van der Waals surface area contributed by atoms with E-state index in [0.29, 0.717) is 13.1 Å². The van der Waals surface area contributed by atoms with Crippen molar-refractivity contribution in [3.05, 3.63) is 59.2 Å². The third-order valence-electron chi connectivity index (χ3n) is 5.80. The van der Waals surface area contributed by atoms with Crippen molar-refractivity contribution >= 4 is 5.91 Å². The summed E-state index contributed by atoms with van der Waals surface area (Å²) in [5.74, 6) is 1.57. The molecular formula is C24H35N3O3+2. The molecule has 2 aromatic rings. The zero-order valence-electron chi connectivity index (χ0n) is 18.4. The Morgan fingerprint density at radius 2 is 1.67 bits per heavy atom. The van der Waals surface area contributed by atoms with Crippen molar-refractivity contribution in [1.29, 1.82) is 0 Å². The van der Waals surface area contributed by atoms with Crippen LogP contribution >= 0.6 is 0 Å². The molecule has 1 saturated heterocycles. The maximum absolute atomic E-state index is 12.4. The minimum absolute atomic E-state index is 0.132. The van der Waals surface area contributed by atoms with E-state index in [-0.39, 0.29) is 5.91 Å². The van der Waals surface area contributed by atoms with Crippen LogP contribution in [0, 0.1) is 6.92 Å². The Hall–Kier alpha value is -2.57. The zero-order valence-corrected chi connectivity index (χ0v) is 18.4. The predicted octanol–water partition coefficient (Wildman–Crippen LogP) is -0.345. The number of carbonyl (C=O) groups excluding carboxylic acids is 1. The van der Waals surface area contributed by atoms with Gasteiger partial charge < -0.3 is 24.6 Å². The van der Waals surface area contributed by atoms with Crippen LogP contribution in [0.3, 0.4) is 0 Å². The third-order valence-corrected chi connectivity index (χ3v) is 5.80. The van der Waals surface area contributed by atoms with E-state index in [1.54, 1.807) is 19.1 Å². The van der Waals surface area contributed by atoms with Crippen molar-refractivity contribution in [2.24, 2.45) is 0 Å². The maximum Gasteiger partial charge on any atom is 0.275 e. The van der Waals surface area contributed by atoms with Gasteiger partial charge in [-0.25, -0.2) is 0 Å². The molecule has 30 heavy (non-hydrogen) atoms. The van der Waals surface area contributed by atoms with Crippen LogP contribution in [0.5, 0.6) is 11.5 Å². The standard InChI is InChI=1S/C24H33N3O3/c1-19-5-4-6-21(15-19)17-26-11-13-27(14-12-26)18-24(28)25-10-9-20-7-8-22(29-2)23(16-20)30-3/h4-8,15-16H,9-14,17-18H2,1-3H3,(H,25,28)/p+2. The summed E-state index contributed by atoms with van der Waals surface area (Å²) in [5.41, 5.74) is 3.84. The van der Waals surface area contributed by atoms with Crippen LogP contribution in [0.4, 0.5) is 0 Å². The largest absolute Gasteiger partial charge is 0.493 e. The van der Waals surface area contributed by atoms with E-state index < -0.39 is 0 Å². The second-order valence-corrected chi connectivity index (χ2v) is 8.13. The van der Waals surface area contributed by atoms with Gasteiger partial charge in [0.15, 0.2) is 18.0 Å². The Morgan fingerprint density at radius 3 is 2.37 bits per heavy atom. The van der Waals surface area contributed by atoms with Crippen LogP contribution in [0.15, 0.2) is 42.5 Å². The summed E-state index contributed by atoms with van der Waals surface area (Å²) in [5, 5.41) is 3.06. The Kier molecular flexibility index (Phi) is 8.11. The number of carbonyl (C=O) groups is 1. The molecular weight excluding hydrogens is 378 g/mol. The molecule has 1 amide bonds. The minimum atomic E-state index is 0.132. The Morgan fingerprint density at radius 1 is 0.933 bits per heavy atom. The van der Waals surface area contributed by atoms with Crippen LogP contribution in [-0.4, -0.2) is 59.4 Å². The summed E-state index contributed by atoms with van der Waals surface area (Å²) in [7, 11) is 3.26. The van der Waals surface area contributed by atoms with Gasteiger partial charge in [-0.2, -0.15) is 0 Å². The second kappa shape index (κ2) is 11.0. The van der Waals surface area contributed by atoms with E-state index in [9.17, 15) is 4.79 Å². The number of rotatable bonds is 9. The number of aryl methyl sites for hydroxylation is 1. The van der Waals surface area contributed by atoms with E-state index in [1.165, 1.54) is 16.0 Å². The molecule has 0 unspecified atom stereocenters. The number of benzene rings is 2. The third kappa shape index (κ3) is 6.47. The molecule has 0 saturated carbocycles. The summed E-state index contributed by atoms with van der Waals surface area (Å²) in [6.07, 6.45) is 0.774. The Balaban J connectivity index is 1.36. The molecule has 2 aromatic carbocycles. The highest BCUT2D eigenvalue weighted by atomic mass is 16.5. The maximum atomic E-state index is 12.4. The molecule has 0 bridgehead atoms. The van der Waals surface area contributed by atoms with Gasteiger partial charge in [-0.3, -0.25) is 4.79 Å². The Labute approximate surface area is 179 Å². The lowest BCUT2D eigenvalue weighted by Gasteiger charge is -2.29. The SMILES string of the molecule is COc1ccc(CCNC(=O)C[NH+]2CC[NH+](Cc3cccc(C)c3)CC2)cc1OC. The van der Waals surface area contributed by atoms with Gasteiger partial charge in [0.05, 0.1) is 14.2 Å². The average molecular weight is 414 g/mol. The summed E-state index contributed by atoms with van der Waals surface area (Å²) in [4.78, 5) is 15.3. The molecule has 6 heteroatoms. The van der Waals surface area contributed by atoms with E-state index >= 15 is 0 Å².